The first-order chi connectivity index (χ1) is 26.1. The monoisotopic (exact) mass is 681 g/mol. The van der Waals surface area contributed by atoms with Crippen molar-refractivity contribution in [3.8, 4) is 39.3 Å². The second kappa shape index (κ2) is 10.5. The average molecular weight is 682 g/mol. The third kappa shape index (κ3) is 4.05. The van der Waals surface area contributed by atoms with Gasteiger partial charge in [-0.2, -0.15) is 0 Å². The van der Waals surface area contributed by atoms with Gasteiger partial charge in [-0.15, -0.1) is 0 Å². The maximum atomic E-state index is 5.31. The first-order valence-corrected chi connectivity index (χ1v) is 18.5. The zero-order valence-corrected chi connectivity index (χ0v) is 29.6. The van der Waals surface area contributed by atoms with E-state index in [1.807, 2.05) is 0 Å². The van der Waals surface area contributed by atoms with Gasteiger partial charge in [0.2, 0.25) is 0 Å². The lowest BCUT2D eigenvalue weighted by Gasteiger charge is -2.21. The van der Waals surface area contributed by atoms with Crippen molar-refractivity contribution in [1.29, 1.82) is 0 Å². The van der Waals surface area contributed by atoms with E-state index in [-0.39, 0.29) is 0 Å². The van der Waals surface area contributed by atoms with Crippen molar-refractivity contribution < 1.29 is 0 Å². The normalized spacial score (nSPS) is 13.9. The molecule has 2 aliphatic carbocycles. The van der Waals surface area contributed by atoms with Gasteiger partial charge in [0.25, 0.3) is 0 Å². The summed E-state index contributed by atoms with van der Waals surface area (Å²) in [6.45, 7) is 0.813. The Hall–Kier alpha value is -6.59. The molecule has 0 spiro atoms. The molecule has 1 aliphatic heterocycles. The molecule has 3 heterocycles. The second-order valence-electron chi connectivity index (χ2n) is 15.0. The number of rotatable bonds is 3. The number of hydrogen-bond acceptors (Lipinski definition) is 3. The van der Waals surface area contributed by atoms with Crippen LogP contribution in [0, 0.1) is 0 Å². The van der Waals surface area contributed by atoms with Gasteiger partial charge in [-0.1, -0.05) is 78.9 Å². The average Bonchev–Trinajstić information content (AvgIpc) is 3.99. The van der Waals surface area contributed by atoms with E-state index in [1.165, 1.54) is 88.9 Å². The molecule has 9 aromatic rings. The van der Waals surface area contributed by atoms with Gasteiger partial charge < -0.3 is 18.9 Å². The minimum absolute atomic E-state index is 0.813. The molecule has 53 heavy (non-hydrogen) atoms. The van der Waals surface area contributed by atoms with Gasteiger partial charge in [0.1, 0.15) is 5.82 Å². The Morgan fingerprint density at radius 3 is 1.94 bits per heavy atom. The van der Waals surface area contributed by atoms with Crippen LogP contribution in [-0.4, -0.2) is 27.8 Å². The number of para-hydroxylation sites is 2. The third-order valence-corrected chi connectivity index (χ3v) is 12.1. The maximum absolute atomic E-state index is 5.31. The van der Waals surface area contributed by atoms with E-state index in [2.05, 4.69) is 173 Å². The molecule has 0 amide bonds. The van der Waals surface area contributed by atoms with Crippen LogP contribution < -0.4 is 9.80 Å². The van der Waals surface area contributed by atoms with Crippen molar-refractivity contribution in [2.24, 2.45) is 7.05 Å². The van der Waals surface area contributed by atoms with Crippen molar-refractivity contribution in [3.63, 3.8) is 0 Å². The predicted molar refractivity (Wildman–Crippen MR) is 219 cm³/mol. The zero-order valence-electron chi connectivity index (χ0n) is 29.6. The topological polar surface area (TPSA) is 29.2 Å². The summed E-state index contributed by atoms with van der Waals surface area (Å²) in [7, 11) is 4.33. The van der Waals surface area contributed by atoms with Gasteiger partial charge in [0.05, 0.1) is 40.1 Å². The number of aryl methyl sites for hydroxylation is 1. The van der Waals surface area contributed by atoms with E-state index in [1.54, 1.807) is 0 Å². The molecule has 0 atom stereocenters. The number of nitrogens with zero attached hydrogens (tertiary/aromatic N) is 5. The summed E-state index contributed by atoms with van der Waals surface area (Å²) in [5.74, 6) is 0.984. The lowest BCUT2D eigenvalue weighted by molar-refractivity contribution is 0.948. The van der Waals surface area contributed by atoms with Gasteiger partial charge >= 0.3 is 0 Å². The molecule has 0 radical (unpaired) electrons. The largest absolute Gasteiger partial charge is 0.355 e. The summed E-state index contributed by atoms with van der Waals surface area (Å²) in [6.07, 6.45) is 1.93. The SMILES string of the molecule is CN1CN(c2cccc(-n3c4cc(-c5nc6cc7c(cc6n5C)Cc5ccccc5-7)ccc4c4cc5c(cc43)Cc3ccccc3-5)c2)c2ccccc21. The van der Waals surface area contributed by atoms with Crippen LogP contribution >= 0.6 is 0 Å². The van der Waals surface area contributed by atoms with Crippen LogP contribution in [-0.2, 0) is 19.9 Å². The second-order valence-corrected chi connectivity index (χ2v) is 15.0. The summed E-state index contributed by atoms with van der Waals surface area (Å²) in [5, 5.41) is 2.53. The fourth-order valence-electron chi connectivity index (χ4n) is 9.54. The Bertz CT molecular complexity index is 3030. The van der Waals surface area contributed by atoms with E-state index in [0.29, 0.717) is 0 Å². The quantitative estimate of drug-likeness (QED) is 0.186. The Kier molecular flexibility index (Phi) is 5.75. The van der Waals surface area contributed by atoms with Crippen molar-refractivity contribution in [2.75, 3.05) is 23.5 Å². The molecule has 3 aliphatic rings. The Labute approximate surface area is 307 Å². The standard InChI is InChI=1S/C48H35N5/c1-50-28-52(44-17-8-7-16-43(44)50)34-12-9-13-35(25-34)53-45-22-31(18-19-38(45)41-26-39-32(23-46(41)53)20-29-10-3-5-14-36(29)39)48-49-42-27-40-33(24-47(42)51(48)2)21-30-11-4-6-15-37(30)40/h3-19,22-27H,20-21,28H2,1-2H3. The summed E-state index contributed by atoms with van der Waals surface area (Å²) in [4.78, 5) is 10.0. The molecule has 0 unspecified atom stereocenters. The van der Waals surface area contributed by atoms with Crippen molar-refractivity contribution in [2.45, 2.75) is 12.8 Å². The van der Waals surface area contributed by atoms with Crippen LogP contribution in [0.5, 0.6) is 0 Å². The van der Waals surface area contributed by atoms with Crippen molar-refractivity contribution >= 4 is 49.9 Å². The van der Waals surface area contributed by atoms with E-state index >= 15 is 0 Å². The molecule has 7 aromatic carbocycles. The summed E-state index contributed by atoms with van der Waals surface area (Å²) < 4.78 is 4.76. The molecule has 12 rings (SSSR count). The van der Waals surface area contributed by atoms with E-state index in [0.717, 1.165) is 42.1 Å². The first-order valence-electron chi connectivity index (χ1n) is 18.5. The van der Waals surface area contributed by atoms with Gasteiger partial charge in [0.15, 0.2) is 0 Å². The number of hydrogen-bond donors (Lipinski definition) is 0. The van der Waals surface area contributed by atoms with Crippen molar-refractivity contribution in [3.05, 3.63) is 162 Å². The molecule has 5 heteroatoms. The molecular formula is C48H35N5. The van der Waals surface area contributed by atoms with Crippen LogP contribution in [0.2, 0.25) is 0 Å². The van der Waals surface area contributed by atoms with Gasteiger partial charge in [-0.25, -0.2) is 4.98 Å². The number of aromatic nitrogens is 3. The van der Waals surface area contributed by atoms with Gasteiger partial charge in [-0.05, 0) is 118 Å². The minimum Gasteiger partial charge on any atom is -0.355 e. The van der Waals surface area contributed by atoms with E-state index < -0.39 is 0 Å². The number of benzene rings is 7. The molecule has 0 saturated carbocycles. The molecule has 0 fully saturated rings. The smallest absolute Gasteiger partial charge is 0.140 e. The molecule has 0 saturated heterocycles. The Morgan fingerprint density at radius 2 is 1.15 bits per heavy atom. The highest BCUT2D eigenvalue weighted by atomic mass is 15.4. The number of fused-ring (bicyclic) bond motifs is 11. The van der Waals surface area contributed by atoms with Crippen molar-refractivity contribution in [1.82, 2.24) is 14.1 Å². The van der Waals surface area contributed by atoms with Gasteiger partial charge in [-0.3, -0.25) is 0 Å². The molecular weight excluding hydrogens is 647 g/mol. The highest BCUT2D eigenvalue weighted by molar-refractivity contribution is 6.12. The van der Waals surface area contributed by atoms with Crippen LogP contribution in [0.1, 0.15) is 22.3 Å². The molecule has 252 valence electrons. The van der Waals surface area contributed by atoms with E-state index in [9.17, 15) is 0 Å². The minimum atomic E-state index is 0.813. The van der Waals surface area contributed by atoms with Gasteiger partial charge in [0, 0.05) is 41.8 Å². The highest BCUT2D eigenvalue weighted by Crippen LogP contribution is 2.45. The third-order valence-electron chi connectivity index (χ3n) is 12.1. The Morgan fingerprint density at radius 1 is 0.491 bits per heavy atom. The fraction of sp³-hybridized carbons (Fsp3) is 0.104. The summed E-state index contributed by atoms with van der Waals surface area (Å²) >= 11 is 0. The maximum Gasteiger partial charge on any atom is 0.140 e. The van der Waals surface area contributed by atoms with Crippen LogP contribution in [0.3, 0.4) is 0 Å². The number of imidazole rings is 1. The number of anilines is 3. The van der Waals surface area contributed by atoms with Crippen LogP contribution in [0.15, 0.2) is 140 Å². The fourth-order valence-corrected chi connectivity index (χ4v) is 9.54. The molecule has 0 bridgehead atoms. The molecule has 0 N–H and O–H groups in total. The first kappa shape index (κ1) is 29.0. The molecule has 2 aromatic heterocycles. The van der Waals surface area contributed by atoms with Crippen LogP contribution in [0.25, 0.3) is 72.2 Å². The lowest BCUT2D eigenvalue weighted by Crippen LogP contribution is -2.24. The lowest BCUT2D eigenvalue weighted by atomic mass is 10.0. The highest BCUT2D eigenvalue weighted by Gasteiger charge is 2.27. The molecule has 5 nitrogen and oxygen atoms in total. The summed E-state index contributed by atoms with van der Waals surface area (Å²) in [5.41, 5.74) is 21.5. The summed E-state index contributed by atoms with van der Waals surface area (Å²) in [6, 6.07) is 51.9. The predicted octanol–water partition coefficient (Wildman–Crippen LogP) is 11.0. The Balaban J connectivity index is 1.07. The zero-order chi connectivity index (χ0) is 34.9. The van der Waals surface area contributed by atoms with Crippen LogP contribution in [0.4, 0.5) is 17.1 Å². The van der Waals surface area contributed by atoms with E-state index in [4.69, 9.17) is 4.98 Å².